The van der Waals surface area contributed by atoms with Gasteiger partial charge in [0.25, 0.3) is 5.91 Å². The van der Waals surface area contributed by atoms with Crippen molar-refractivity contribution in [2.24, 2.45) is 7.05 Å². The quantitative estimate of drug-likeness (QED) is 0.761. The molecule has 0 fully saturated rings. The Kier molecular flexibility index (Phi) is 4.93. The lowest BCUT2D eigenvalue weighted by Crippen LogP contribution is -2.21. The Balaban J connectivity index is 1.90. The normalized spacial score (nSPS) is 11.0. The number of carbonyl (C=O) groups excluding carboxylic acids is 1. The molecule has 0 aliphatic heterocycles. The molecule has 1 N–H and O–H groups in total. The highest BCUT2D eigenvalue weighted by Gasteiger charge is 2.18. The first-order valence-electron chi connectivity index (χ1n) is 8.91. The Morgan fingerprint density at radius 3 is 2.42 bits per heavy atom. The molecule has 6 heteroatoms. The minimum atomic E-state index is -0.146. The van der Waals surface area contributed by atoms with Crippen molar-refractivity contribution in [2.75, 3.05) is 23.3 Å². The lowest BCUT2D eigenvalue weighted by atomic mass is 10.1. The zero-order chi connectivity index (χ0) is 18.8. The van der Waals surface area contributed by atoms with Crippen LogP contribution in [-0.4, -0.2) is 33.8 Å². The van der Waals surface area contributed by atoms with Gasteiger partial charge in [0.1, 0.15) is 0 Å². The Hall–Kier alpha value is -2.89. The average molecular weight is 351 g/mol. The molecule has 3 aromatic rings. The number of hydrogen-bond donors (Lipinski definition) is 1. The smallest absolute Gasteiger partial charge is 0.256 e. The number of fused-ring (bicyclic) bond motifs is 1. The number of anilines is 2. The van der Waals surface area contributed by atoms with Crippen LogP contribution in [-0.2, 0) is 7.05 Å². The summed E-state index contributed by atoms with van der Waals surface area (Å²) in [5, 5.41) is 8.20. The summed E-state index contributed by atoms with van der Waals surface area (Å²) in [6.07, 6.45) is 0. The van der Waals surface area contributed by atoms with Gasteiger partial charge in [0.2, 0.25) is 0 Å². The molecule has 136 valence electrons. The third-order valence-electron chi connectivity index (χ3n) is 4.60. The van der Waals surface area contributed by atoms with Crippen molar-refractivity contribution in [1.29, 1.82) is 0 Å². The van der Waals surface area contributed by atoms with Crippen LogP contribution in [0.15, 0.2) is 30.3 Å². The third kappa shape index (κ3) is 3.27. The standard InChI is InChI=1S/C20H25N5O/c1-6-25(7-2)16-10-8-15(9-11-16)22-20(26)17-12-13(3)21-19-18(17)14(4)23-24(19)5/h8-12H,6-7H2,1-5H3,(H,22,26). The van der Waals surface area contributed by atoms with E-state index in [1.54, 1.807) is 4.68 Å². The second kappa shape index (κ2) is 7.15. The summed E-state index contributed by atoms with van der Waals surface area (Å²) in [4.78, 5) is 19.7. The SMILES string of the molecule is CCN(CC)c1ccc(NC(=O)c2cc(C)nc3c2c(C)nn3C)cc1. The molecule has 2 aromatic heterocycles. The first-order valence-corrected chi connectivity index (χ1v) is 8.91. The van der Waals surface area contributed by atoms with Gasteiger partial charge in [0, 0.05) is 37.2 Å². The molecule has 0 radical (unpaired) electrons. The van der Waals surface area contributed by atoms with E-state index in [-0.39, 0.29) is 5.91 Å². The van der Waals surface area contributed by atoms with E-state index in [9.17, 15) is 4.79 Å². The second-order valence-corrected chi connectivity index (χ2v) is 6.39. The summed E-state index contributed by atoms with van der Waals surface area (Å²) in [7, 11) is 1.84. The number of pyridine rings is 1. The van der Waals surface area contributed by atoms with Crippen molar-refractivity contribution in [3.63, 3.8) is 0 Å². The van der Waals surface area contributed by atoms with Gasteiger partial charge in [0.05, 0.1) is 16.6 Å². The van der Waals surface area contributed by atoms with Crippen molar-refractivity contribution >= 4 is 28.3 Å². The van der Waals surface area contributed by atoms with E-state index < -0.39 is 0 Å². The Bertz CT molecular complexity index is 939. The van der Waals surface area contributed by atoms with Crippen molar-refractivity contribution in [1.82, 2.24) is 14.8 Å². The van der Waals surface area contributed by atoms with E-state index in [1.165, 1.54) is 0 Å². The fourth-order valence-electron chi connectivity index (χ4n) is 3.29. The maximum absolute atomic E-state index is 12.9. The van der Waals surface area contributed by atoms with Crippen molar-refractivity contribution < 1.29 is 4.79 Å². The van der Waals surface area contributed by atoms with Gasteiger partial charge in [-0.2, -0.15) is 5.10 Å². The highest BCUT2D eigenvalue weighted by molar-refractivity contribution is 6.12. The van der Waals surface area contributed by atoms with Gasteiger partial charge in [-0.15, -0.1) is 0 Å². The number of aryl methyl sites for hydroxylation is 3. The van der Waals surface area contributed by atoms with Gasteiger partial charge in [0.15, 0.2) is 5.65 Å². The van der Waals surface area contributed by atoms with Crippen molar-refractivity contribution in [3.8, 4) is 0 Å². The minimum Gasteiger partial charge on any atom is -0.372 e. The largest absolute Gasteiger partial charge is 0.372 e. The molecule has 3 rings (SSSR count). The summed E-state index contributed by atoms with van der Waals surface area (Å²) in [6, 6.07) is 9.76. The molecule has 6 nitrogen and oxygen atoms in total. The van der Waals surface area contributed by atoms with Crippen LogP contribution in [0.1, 0.15) is 35.6 Å². The van der Waals surface area contributed by atoms with E-state index in [1.807, 2.05) is 51.2 Å². The van der Waals surface area contributed by atoms with E-state index >= 15 is 0 Å². The molecule has 26 heavy (non-hydrogen) atoms. The predicted molar refractivity (Wildman–Crippen MR) is 106 cm³/mol. The molecular formula is C20H25N5O. The first kappa shape index (κ1) is 17.9. The van der Waals surface area contributed by atoms with Crippen molar-refractivity contribution in [2.45, 2.75) is 27.7 Å². The number of nitrogens with zero attached hydrogens (tertiary/aromatic N) is 4. The molecule has 0 aliphatic rings. The highest BCUT2D eigenvalue weighted by atomic mass is 16.1. The Labute approximate surface area is 153 Å². The summed E-state index contributed by atoms with van der Waals surface area (Å²) in [6.45, 7) is 9.96. The van der Waals surface area contributed by atoms with Gasteiger partial charge < -0.3 is 10.2 Å². The molecule has 0 saturated carbocycles. The number of hydrogen-bond acceptors (Lipinski definition) is 4. The Morgan fingerprint density at radius 2 is 1.81 bits per heavy atom. The monoisotopic (exact) mass is 351 g/mol. The molecule has 0 aliphatic carbocycles. The van der Waals surface area contributed by atoms with Crippen molar-refractivity contribution in [3.05, 3.63) is 47.3 Å². The molecule has 0 atom stereocenters. The first-order chi connectivity index (χ1) is 12.4. The maximum Gasteiger partial charge on any atom is 0.256 e. The zero-order valence-electron chi connectivity index (χ0n) is 16.0. The van der Waals surface area contributed by atoms with Crippen LogP contribution in [0.25, 0.3) is 11.0 Å². The van der Waals surface area contributed by atoms with E-state index in [0.29, 0.717) is 5.56 Å². The molecule has 1 aromatic carbocycles. The van der Waals surface area contributed by atoms with Gasteiger partial charge in [-0.3, -0.25) is 9.48 Å². The fraction of sp³-hybridized carbons (Fsp3) is 0.350. The molecule has 0 saturated heterocycles. The van der Waals surface area contributed by atoms with E-state index in [4.69, 9.17) is 0 Å². The minimum absolute atomic E-state index is 0.146. The summed E-state index contributed by atoms with van der Waals surface area (Å²) in [5.74, 6) is -0.146. The van der Waals surface area contributed by atoms with E-state index in [0.717, 1.165) is 46.9 Å². The maximum atomic E-state index is 12.9. The molecule has 0 unspecified atom stereocenters. The number of rotatable bonds is 5. The molecule has 0 spiro atoms. The van der Waals surface area contributed by atoms with Crippen LogP contribution in [0.4, 0.5) is 11.4 Å². The summed E-state index contributed by atoms with van der Waals surface area (Å²) >= 11 is 0. The zero-order valence-corrected chi connectivity index (χ0v) is 16.0. The van der Waals surface area contributed by atoms with Gasteiger partial charge in [-0.25, -0.2) is 4.98 Å². The van der Waals surface area contributed by atoms with Crippen LogP contribution in [0.2, 0.25) is 0 Å². The number of carbonyl (C=O) groups is 1. The number of benzene rings is 1. The summed E-state index contributed by atoms with van der Waals surface area (Å²) < 4.78 is 1.72. The van der Waals surface area contributed by atoms with Crippen LogP contribution >= 0.6 is 0 Å². The Morgan fingerprint density at radius 1 is 1.15 bits per heavy atom. The third-order valence-corrected chi connectivity index (χ3v) is 4.60. The van der Waals surface area contributed by atoms with Gasteiger partial charge in [-0.1, -0.05) is 0 Å². The molecule has 1 amide bonds. The predicted octanol–water partition coefficient (Wildman–Crippen LogP) is 3.68. The lowest BCUT2D eigenvalue weighted by Gasteiger charge is -2.21. The fourth-order valence-corrected chi connectivity index (χ4v) is 3.29. The van der Waals surface area contributed by atoms with E-state index in [2.05, 4.69) is 34.1 Å². The number of nitrogens with one attached hydrogen (secondary N) is 1. The van der Waals surface area contributed by atoms with Crippen LogP contribution < -0.4 is 10.2 Å². The number of amides is 1. The second-order valence-electron chi connectivity index (χ2n) is 6.39. The lowest BCUT2D eigenvalue weighted by molar-refractivity contribution is 0.102. The topological polar surface area (TPSA) is 63.1 Å². The van der Waals surface area contributed by atoms with Crippen LogP contribution in [0.5, 0.6) is 0 Å². The molecule has 2 heterocycles. The van der Waals surface area contributed by atoms with Gasteiger partial charge >= 0.3 is 0 Å². The number of aromatic nitrogens is 3. The average Bonchev–Trinajstić information content (AvgIpc) is 2.90. The van der Waals surface area contributed by atoms with Crippen LogP contribution in [0.3, 0.4) is 0 Å². The summed E-state index contributed by atoms with van der Waals surface area (Å²) in [5.41, 5.74) is 4.85. The van der Waals surface area contributed by atoms with Gasteiger partial charge in [-0.05, 0) is 58.0 Å². The molecular weight excluding hydrogens is 326 g/mol. The molecule has 0 bridgehead atoms. The van der Waals surface area contributed by atoms with Crippen LogP contribution in [0, 0.1) is 13.8 Å². The highest BCUT2D eigenvalue weighted by Crippen LogP contribution is 2.23.